The molecular formula is C20H20BrCl2N5O3. The van der Waals surface area contributed by atoms with Crippen molar-refractivity contribution in [1.82, 2.24) is 19.7 Å². The van der Waals surface area contributed by atoms with Crippen LogP contribution in [0.15, 0.2) is 29.3 Å². The number of nitrogens with zero attached hydrogens (tertiary/aromatic N) is 5. The van der Waals surface area contributed by atoms with Crippen molar-refractivity contribution in [3.8, 4) is 5.69 Å². The number of halogens is 3. The summed E-state index contributed by atoms with van der Waals surface area (Å²) in [5, 5.41) is 14.7. The van der Waals surface area contributed by atoms with E-state index in [2.05, 4.69) is 37.8 Å². The molecule has 1 fully saturated rings. The van der Waals surface area contributed by atoms with Crippen molar-refractivity contribution in [3.63, 3.8) is 0 Å². The van der Waals surface area contributed by atoms with E-state index in [1.807, 2.05) is 12.1 Å². The summed E-state index contributed by atoms with van der Waals surface area (Å²) in [5.41, 5.74) is 1.35. The maximum absolute atomic E-state index is 10.8. The molecule has 4 rings (SSSR count). The Bertz CT molecular complexity index is 1110. The lowest BCUT2D eigenvalue weighted by atomic mass is 10.1. The van der Waals surface area contributed by atoms with E-state index >= 15 is 0 Å². The number of aromatic nitrogens is 4. The van der Waals surface area contributed by atoms with Crippen LogP contribution in [-0.4, -0.2) is 56.6 Å². The van der Waals surface area contributed by atoms with Crippen molar-refractivity contribution in [2.75, 3.05) is 24.7 Å². The summed E-state index contributed by atoms with van der Waals surface area (Å²) in [6.07, 6.45) is 3.99. The molecule has 0 amide bonds. The minimum absolute atomic E-state index is 0.0179. The summed E-state index contributed by atoms with van der Waals surface area (Å²) in [7, 11) is 0. The lowest BCUT2D eigenvalue weighted by molar-refractivity contribution is -0.138. The van der Waals surface area contributed by atoms with E-state index in [9.17, 15) is 4.79 Å². The topological polar surface area (TPSA) is 93.4 Å². The van der Waals surface area contributed by atoms with E-state index in [1.165, 1.54) is 6.33 Å². The predicted octanol–water partition coefficient (Wildman–Crippen LogP) is 4.59. The number of anilines is 1. The van der Waals surface area contributed by atoms with Gasteiger partial charge in [-0.15, -0.1) is 0 Å². The van der Waals surface area contributed by atoms with Crippen LogP contribution < -0.4 is 4.90 Å². The molecule has 11 heteroatoms. The van der Waals surface area contributed by atoms with E-state index in [4.69, 9.17) is 38.0 Å². The number of ether oxygens (including phenoxy) is 1. The number of pyridine rings is 1. The zero-order valence-electron chi connectivity index (χ0n) is 16.6. The molecule has 2 atom stereocenters. The van der Waals surface area contributed by atoms with Crippen LogP contribution in [0.3, 0.4) is 0 Å². The molecule has 0 saturated carbocycles. The van der Waals surface area contributed by atoms with E-state index < -0.39 is 5.97 Å². The van der Waals surface area contributed by atoms with Gasteiger partial charge >= 0.3 is 5.97 Å². The SMILES string of the molecule is C[C@H]1C[C@@H](COCCC(=O)O)N(c2cc(-n3cncn3)c3cc(Br)c(Cl)c(Cl)c3n2)C1. The summed E-state index contributed by atoms with van der Waals surface area (Å²) in [6, 6.07) is 3.90. The number of aliphatic carboxylic acids is 1. The summed E-state index contributed by atoms with van der Waals surface area (Å²) in [6.45, 7) is 3.57. The van der Waals surface area contributed by atoms with Crippen LogP contribution in [0.25, 0.3) is 16.6 Å². The minimum Gasteiger partial charge on any atom is -0.481 e. The van der Waals surface area contributed by atoms with Crippen LogP contribution in [-0.2, 0) is 9.53 Å². The average molecular weight is 529 g/mol. The number of benzene rings is 1. The monoisotopic (exact) mass is 527 g/mol. The van der Waals surface area contributed by atoms with Gasteiger partial charge in [0.2, 0.25) is 0 Å². The minimum atomic E-state index is -0.872. The molecule has 1 saturated heterocycles. The van der Waals surface area contributed by atoms with Crippen LogP contribution in [0.1, 0.15) is 19.8 Å². The number of rotatable bonds is 7. The number of fused-ring (bicyclic) bond motifs is 1. The predicted molar refractivity (Wildman–Crippen MR) is 122 cm³/mol. The van der Waals surface area contributed by atoms with Gasteiger partial charge in [-0.1, -0.05) is 30.1 Å². The third-order valence-electron chi connectivity index (χ3n) is 5.26. The van der Waals surface area contributed by atoms with Crippen molar-refractivity contribution in [2.45, 2.75) is 25.8 Å². The van der Waals surface area contributed by atoms with Crippen molar-refractivity contribution in [3.05, 3.63) is 39.3 Å². The van der Waals surface area contributed by atoms with Crippen molar-refractivity contribution < 1.29 is 14.6 Å². The smallest absolute Gasteiger partial charge is 0.305 e. The fourth-order valence-electron chi connectivity index (χ4n) is 3.87. The number of hydrogen-bond donors (Lipinski definition) is 1. The van der Waals surface area contributed by atoms with Gasteiger partial charge in [-0.05, 0) is 34.3 Å². The van der Waals surface area contributed by atoms with Gasteiger partial charge in [0.15, 0.2) is 0 Å². The largest absolute Gasteiger partial charge is 0.481 e. The maximum atomic E-state index is 10.8. The molecule has 0 radical (unpaired) electrons. The normalized spacial score (nSPS) is 18.8. The number of carboxylic acids is 1. The molecule has 3 aromatic rings. The molecule has 8 nitrogen and oxygen atoms in total. The fraction of sp³-hybridized carbons (Fsp3) is 0.400. The zero-order chi connectivity index (χ0) is 22.1. The first-order chi connectivity index (χ1) is 14.8. The number of hydrogen-bond acceptors (Lipinski definition) is 6. The Morgan fingerprint density at radius 2 is 2.16 bits per heavy atom. The molecule has 0 unspecified atom stereocenters. The highest BCUT2D eigenvalue weighted by Crippen LogP contribution is 2.40. The van der Waals surface area contributed by atoms with Crippen LogP contribution in [0.5, 0.6) is 0 Å². The van der Waals surface area contributed by atoms with Gasteiger partial charge in [0.25, 0.3) is 0 Å². The first-order valence-corrected chi connectivity index (χ1v) is 11.3. The molecule has 164 valence electrons. The van der Waals surface area contributed by atoms with Gasteiger partial charge in [0.05, 0.1) is 46.9 Å². The van der Waals surface area contributed by atoms with Gasteiger partial charge in [-0.2, -0.15) is 5.10 Å². The van der Waals surface area contributed by atoms with E-state index in [-0.39, 0.29) is 19.1 Å². The molecule has 1 aliphatic heterocycles. The number of carbonyl (C=O) groups is 1. The van der Waals surface area contributed by atoms with Crippen LogP contribution >= 0.6 is 39.1 Å². The van der Waals surface area contributed by atoms with Gasteiger partial charge in [-0.25, -0.2) is 14.6 Å². The Kier molecular flexibility index (Phi) is 6.66. The molecule has 2 aromatic heterocycles. The van der Waals surface area contributed by atoms with Crippen molar-refractivity contribution in [1.29, 1.82) is 0 Å². The zero-order valence-corrected chi connectivity index (χ0v) is 19.7. The molecule has 3 heterocycles. The number of carboxylic acid groups (broad SMARTS) is 1. The lowest BCUT2D eigenvalue weighted by Gasteiger charge is -2.27. The van der Waals surface area contributed by atoms with Gasteiger partial charge in [0, 0.05) is 22.5 Å². The standard InChI is InChI=1S/C20H20BrCl2N5O3/c1-11-4-12(8-31-3-2-17(29)30)27(7-11)16-6-15(28-10-24-9-25-28)13-5-14(21)18(22)19(23)20(13)26-16/h5-6,9-12H,2-4,7-8H2,1H3,(H,29,30)/t11-,12-/m0/s1. The first-order valence-electron chi connectivity index (χ1n) is 9.74. The molecular weight excluding hydrogens is 509 g/mol. The Morgan fingerprint density at radius 1 is 1.35 bits per heavy atom. The second-order valence-corrected chi connectivity index (χ2v) is 9.20. The van der Waals surface area contributed by atoms with E-state index in [0.717, 1.165) is 29.9 Å². The van der Waals surface area contributed by atoms with Gasteiger partial charge in [-0.3, -0.25) is 4.79 Å². The molecule has 31 heavy (non-hydrogen) atoms. The highest BCUT2D eigenvalue weighted by Gasteiger charge is 2.32. The maximum Gasteiger partial charge on any atom is 0.305 e. The second-order valence-electron chi connectivity index (χ2n) is 7.59. The Hall–Kier alpha value is -1.94. The van der Waals surface area contributed by atoms with Crippen LogP contribution in [0, 0.1) is 5.92 Å². The van der Waals surface area contributed by atoms with E-state index in [0.29, 0.717) is 32.6 Å². The van der Waals surface area contributed by atoms with Crippen molar-refractivity contribution in [2.24, 2.45) is 5.92 Å². The summed E-state index contributed by atoms with van der Waals surface area (Å²) in [5.74, 6) is 0.293. The molecule has 0 spiro atoms. The quantitative estimate of drug-likeness (QED) is 0.354. The first kappa shape index (κ1) is 22.3. The highest BCUT2D eigenvalue weighted by atomic mass is 79.9. The van der Waals surface area contributed by atoms with Gasteiger partial charge in [0.1, 0.15) is 18.5 Å². The third kappa shape index (κ3) is 4.64. The molecule has 0 aliphatic carbocycles. The van der Waals surface area contributed by atoms with Gasteiger partial charge < -0.3 is 14.7 Å². The average Bonchev–Trinajstić information content (AvgIpc) is 3.39. The fourth-order valence-corrected chi connectivity index (χ4v) is 4.81. The Morgan fingerprint density at radius 3 is 2.87 bits per heavy atom. The third-order valence-corrected chi connectivity index (χ3v) is 6.97. The summed E-state index contributed by atoms with van der Waals surface area (Å²) < 4.78 is 7.98. The summed E-state index contributed by atoms with van der Waals surface area (Å²) in [4.78, 5) is 21.8. The Balaban J connectivity index is 1.75. The molecule has 1 aromatic carbocycles. The van der Waals surface area contributed by atoms with Crippen LogP contribution in [0.4, 0.5) is 5.82 Å². The summed E-state index contributed by atoms with van der Waals surface area (Å²) >= 11 is 16.4. The highest BCUT2D eigenvalue weighted by molar-refractivity contribution is 9.10. The molecule has 1 aliphatic rings. The van der Waals surface area contributed by atoms with E-state index in [1.54, 1.807) is 11.0 Å². The van der Waals surface area contributed by atoms with Crippen molar-refractivity contribution >= 4 is 61.8 Å². The molecule has 1 N–H and O–H groups in total. The second kappa shape index (κ2) is 9.28. The molecule has 0 bridgehead atoms. The lowest BCUT2D eigenvalue weighted by Crippen LogP contribution is -2.34. The van der Waals surface area contributed by atoms with Crippen LogP contribution in [0.2, 0.25) is 10.0 Å². The Labute approximate surface area is 197 Å².